The number of benzene rings is 1. The lowest BCUT2D eigenvalue weighted by atomic mass is 9.94. The van der Waals surface area contributed by atoms with E-state index in [4.69, 9.17) is 5.11 Å². The van der Waals surface area contributed by atoms with Gasteiger partial charge in [0, 0.05) is 37.6 Å². The van der Waals surface area contributed by atoms with Crippen molar-refractivity contribution < 1.29 is 9.90 Å². The highest BCUT2D eigenvalue weighted by Crippen LogP contribution is 2.26. The molecular formula is C21H25N5O2. The lowest BCUT2D eigenvalue weighted by molar-refractivity contribution is -0.137. The van der Waals surface area contributed by atoms with Crippen molar-refractivity contribution >= 4 is 5.97 Å². The van der Waals surface area contributed by atoms with Crippen LogP contribution in [-0.4, -0.2) is 48.6 Å². The van der Waals surface area contributed by atoms with E-state index in [9.17, 15) is 4.79 Å². The first kappa shape index (κ1) is 18.4. The van der Waals surface area contributed by atoms with Crippen molar-refractivity contribution in [2.75, 3.05) is 13.1 Å². The summed E-state index contributed by atoms with van der Waals surface area (Å²) in [6.45, 7) is 3.67. The minimum absolute atomic E-state index is 0.0820. The summed E-state index contributed by atoms with van der Waals surface area (Å²) in [6, 6.07) is 12.6. The maximum Gasteiger partial charge on any atom is 0.325 e. The monoisotopic (exact) mass is 379 g/mol. The number of carbonyl (C=O) groups is 1. The van der Waals surface area contributed by atoms with Gasteiger partial charge in [-0.2, -0.15) is 10.2 Å². The van der Waals surface area contributed by atoms with E-state index in [0.717, 1.165) is 44.7 Å². The van der Waals surface area contributed by atoms with Crippen LogP contribution in [0.5, 0.6) is 0 Å². The Labute approximate surface area is 164 Å². The van der Waals surface area contributed by atoms with E-state index in [1.165, 1.54) is 15.8 Å². The number of hydrogen-bond acceptors (Lipinski definition) is 4. The van der Waals surface area contributed by atoms with Gasteiger partial charge in [-0.1, -0.05) is 24.3 Å². The molecule has 0 aliphatic carbocycles. The molecule has 0 radical (unpaired) electrons. The molecule has 7 nitrogen and oxygen atoms in total. The van der Waals surface area contributed by atoms with Crippen LogP contribution < -0.4 is 0 Å². The highest BCUT2D eigenvalue weighted by Gasteiger charge is 2.23. The molecule has 4 rings (SSSR count). The van der Waals surface area contributed by atoms with E-state index in [1.807, 2.05) is 23.0 Å². The first-order chi connectivity index (χ1) is 13.7. The van der Waals surface area contributed by atoms with Gasteiger partial charge in [-0.05, 0) is 42.6 Å². The van der Waals surface area contributed by atoms with Crippen molar-refractivity contribution in [3.63, 3.8) is 0 Å². The average Bonchev–Trinajstić information content (AvgIpc) is 3.35. The maximum absolute atomic E-state index is 10.8. The van der Waals surface area contributed by atoms with Gasteiger partial charge in [0.1, 0.15) is 6.54 Å². The van der Waals surface area contributed by atoms with Crippen molar-refractivity contribution in [1.82, 2.24) is 24.5 Å². The zero-order valence-corrected chi connectivity index (χ0v) is 15.8. The van der Waals surface area contributed by atoms with Crippen LogP contribution >= 0.6 is 0 Å². The zero-order valence-electron chi connectivity index (χ0n) is 15.8. The number of aliphatic carboxylic acids is 1. The summed E-state index contributed by atoms with van der Waals surface area (Å²) < 4.78 is 3.43. The van der Waals surface area contributed by atoms with Gasteiger partial charge in [0.2, 0.25) is 0 Å². The molecule has 1 saturated heterocycles. The quantitative estimate of drug-likeness (QED) is 0.683. The molecule has 7 heteroatoms. The maximum atomic E-state index is 10.8. The molecule has 1 fully saturated rings. The van der Waals surface area contributed by atoms with Gasteiger partial charge in [-0.15, -0.1) is 0 Å². The summed E-state index contributed by atoms with van der Waals surface area (Å²) in [5, 5.41) is 17.6. The third-order valence-corrected chi connectivity index (χ3v) is 5.22. The van der Waals surface area contributed by atoms with E-state index >= 15 is 0 Å². The molecule has 3 heterocycles. The normalized spacial score (nSPS) is 17.6. The molecule has 3 aromatic rings. The molecular weight excluding hydrogens is 354 g/mol. The summed E-state index contributed by atoms with van der Waals surface area (Å²) in [5.74, 6) is -0.501. The van der Waals surface area contributed by atoms with Crippen LogP contribution in [0.4, 0.5) is 0 Å². The third kappa shape index (κ3) is 4.67. The fraction of sp³-hybridized carbons (Fsp3) is 0.381. The lowest BCUT2D eigenvalue weighted by Crippen LogP contribution is -2.34. The van der Waals surface area contributed by atoms with Crippen LogP contribution in [0.15, 0.2) is 55.0 Å². The first-order valence-electron chi connectivity index (χ1n) is 9.68. The molecule has 1 N–H and O–H groups in total. The Kier molecular flexibility index (Phi) is 5.53. The van der Waals surface area contributed by atoms with Crippen molar-refractivity contribution in [2.24, 2.45) is 0 Å². The summed E-state index contributed by atoms with van der Waals surface area (Å²) >= 11 is 0. The topological polar surface area (TPSA) is 76.2 Å². The highest BCUT2D eigenvalue weighted by atomic mass is 16.4. The predicted molar refractivity (Wildman–Crippen MR) is 105 cm³/mol. The fourth-order valence-corrected chi connectivity index (χ4v) is 3.85. The van der Waals surface area contributed by atoms with Crippen LogP contribution in [0.3, 0.4) is 0 Å². The number of carboxylic acids is 1. The Morgan fingerprint density at radius 2 is 1.86 bits per heavy atom. The van der Waals surface area contributed by atoms with Crippen LogP contribution in [0.25, 0.3) is 0 Å². The molecule has 2 aromatic heterocycles. The number of nitrogens with zero attached hydrogens (tertiary/aromatic N) is 5. The number of carboxylic acid groups (broad SMARTS) is 1. The summed E-state index contributed by atoms with van der Waals surface area (Å²) in [6.07, 6.45) is 7.77. The Morgan fingerprint density at radius 3 is 2.57 bits per heavy atom. The van der Waals surface area contributed by atoms with Gasteiger partial charge in [-0.3, -0.25) is 19.1 Å². The van der Waals surface area contributed by atoms with Crippen LogP contribution in [-0.2, 0) is 24.4 Å². The predicted octanol–water partition coefficient (Wildman–Crippen LogP) is 2.59. The van der Waals surface area contributed by atoms with Gasteiger partial charge < -0.3 is 5.11 Å². The summed E-state index contributed by atoms with van der Waals surface area (Å²) in [7, 11) is 0. The molecule has 0 bridgehead atoms. The number of rotatable bonds is 7. The molecule has 146 valence electrons. The third-order valence-electron chi connectivity index (χ3n) is 5.22. The number of aromatic nitrogens is 4. The second-order valence-corrected chi connectivity index (χ2v) is 7.43. The first-order valence-corrected chi connectivity index (χ1v) is 9.68. The van der Waals surface area contributed by atoms with Gasteiger partial charge >= 0.3 is 5.97 Å². The van der Waals surface area contributed by atoms with E-state index < -0.39 is 5.97 Å². The average molecular weight is 379 g/mol. The molecule has 1 aliphatic heterocycles. The minimum Gasteiger partial charge on any atom is -0.480 e. The number of piperidine rings is 1. The highest BCUT2D eigenvalue weighted by molar-refractivity contribution is 5.66. The van der Waals surface area contributed by atoms with Gasteiger partial charge in [0.25, 0.3) is 0 Å². The minimum atomic E-state index is -0.865. The second-order valence-electron chi connectivity index (χ2n) is 7.43. The Balaban J connectivity index is 1.34. The van der Waals surface area contributed by atoms with Gasteiger partial charge in [0.05, 0.1) is 12.2 Å². The largest absolute Gasteiger partial charge is 0.480 e. The molecule has 0 unspecified atom stereocenters. The van der Waals surface area contributed by atoms with E-state index in [-0.39, 0.29) is 6.54 Å². The van der Waals surface area contributed by atoms with Gasteiger partial charge in [0.15, 0.2) is 0 Å². The standard InChI is InChI=1S/C21H25N5O2/c27-21(28)16-26-12-8-20(23-26)19-3-1-10-24(15-19)13-17-4-6-18(7-5-17)14-25-11-2-9-22-25/h2,4-9,11-12,19H,1,3,10,13-16H2,(H,27,28)/t19-/m0/s1. The lowest BCUT2D eigenvalue weighted by Gasteiger charge is -2.32. The second kappa shape index (κ2) is 8.39. The summed E-state index contributed by atoms with van der Waals surface area (Å²) in [4.78, 5) is 13.3. The number of hydrogen-bond donors (Lipinski definition) is 1. The Hall–Kier alpha value is -2.93. The molecule has 1 aromatic carbocycles. The van der Waals surface area contributed by atoms with E-state index in [0.29, 0.717) is 5.92 Å². The van der Waals surface area contributed by atoms with Crippen LogP contribution in [0, 0.1) is 0 Å². The number of likely N-dealkylation sites (tertiary alicyclic amines) is 1. The molecule has 28 heavy (non-hydrogen) atoms. The fourth-order valence-electron chi connectivity index (χ4n) is 3.85. The van der Waals surface area contributed by atoms with Crippen LogP contribution in [0.1, 0.15) is 35.6 Å². The van der Waals surface area contributed by atoms with Crippen molar-refractivity contribution in [1.29, 1.82) is 0 Å². The Morgan fingerprint density at radius 1 is 1.07 bits per heavy atom. The smallest absolute Gasteiger partial charge is 0.325 e. The molecule has 0 saturated carbocycles. The van der Waals surface area contributed by atoms with E-state index in [2.05, 4.69) is 39.4 Å². The SMILES string of the molecule is O=C(O)Cn1ccc([C@H]2CCCN(Cc3ccc(Cn4cccn4)cc3)C2)n1. The molecule has 1 atom stereocenters. The van der Waals surface area contributed by atoms with Crippen molar-refractivity contribution in [3.8, 4) is 0 Å². The van der Waals surface area contributed by atoms with Gasteiger partial charge in [-0.25, -0.2) is 0 Å². The molecule has 0 amide bonds. The van der Waals surface area contributed by atoms with E-state index in [1.54, 1.807) is 12.4 Å². The zero-order chi connectivity index (χ0) is 19.3. The van der Waals surface area contributed by atoms with Crippen molar-refractivity contribution in [2.45, 2.75) is 38.4 Å². The Bertz CT molecular complexity index is 901. The van der Waals surface area contributed by atoms with Crippen LogP contribution in [0.2, 0.25) is 0 Å². The molecule has 1 aliphatic rings. The van der Waals surface area contributed by atoms with Crippen molar-refractivity contribution in [3.05, 3.63) is 71.8 Å². The molecule has 0 spiro atoms. The summed E-state index contributed by atoms with van der Waals surface area (Å²) in [5.41, 5.74) is 3.55.